The van der Waals surface area contributed by atoms with Crippen molar-refractivity contribution in [2.75, 3.05) is 12.3 Å². The van der Waals surface area contributed by atoms with Crippen LogP contribution in [-0.2, 0) is 20.3 Å². The number of esters is 1. The lowest BCUT2D eigenvalue weighted by molar-refractivity contribution is 0.0378. The molecule has 0 fully saturated rings. The maximum Gasteiger partial charge on any atom is 0.338 e. The van der Waals surface area contributed by atoms with Crippen molar-refractivity contribution in [3.63, 3.8) is 0 Å². The smallest absolute Gasteiger partial charge is 0.338 e. The van der Waals surface area contributed by atoms with Gasteiger partial charge in [0, 0.05) is 0 Å². The first-order valence-corrected chi connectivity index (χ1v) is 8.36. The molecular weight excluding hydrogens is 278 g/mol. The number of hydrogen-bond acceptors (Lipinski definition) is 5. The predicted molar refractivity (Wildman–Crippen MR) is 78.2 cm³/mol. The Hall–Kier alpha value is -1.40. The summed E-state index contributed by atoms with van der Waals surface area (Å²) in [5, 5.41) is 0. The minimum absolute atomic E-state index is 0.0597. The summed E-state index contributed by atoms with van der Waals surface area (Å²) in [6.07, 6.45) is 0.233. The highest BCUT2D eigenvalue weighted by atomic mass is 32.2. The van der Waals surface area contributed by atoms with Crippen LogP contribution < -0.4 is 5.73 Å². The zero-order valence-electron chi connectivity index (χ0n) is 11.8. The number of rotatable bonds is 7. The second kappa shape index (κ2) is 7.40. The largest absolute Gasteiger partial charge is 0.459 e. The SMILES string of the molecule is CC(C)OC(=O)c1cccc(CS(=O)(=O)CCCN)c1. The van der Waals surface area contributed by atoms with Gasteiger partial charge >= 0.3 is 5.97 Å². The molecule has 0 atom stereocenters. The molecule has 0 unspecified atom stereocenters. The average molecular weight is 299 g/mol. The van der Waals surface area contributed by atoms with Crippen molar-refractivity contribution in [2.24, 2.45) is 5.73 Å². The number of ether oxygens (including phenoxy) is 1. The Morgan fingerprint density at radius 2 is 2.05 bits per heavy atom. The van der Waals surface area contributed by atoms with Crippen LogP contribution in [0.15, 0.2) is 24.3 Å². The van der Waals surface area contributed by atoms with Crippen molar-refractivity contribution in [1.29, 1.82) is 0 Å². The van der Waals surface area contributed by atoms with Gasteiger partial charge in [0.25, 0.3) is 0 Å². The quantitative estimate of drug-likeness (QED) is 0.771. The molecule has 0 bridgehead atoms. The lowest BCUT2D eigenvalue weighted by Gasteiger charge is -2.09. The van der Waals surface area contributed by atoms with E-state index in [9.17, 15) is 13.2 Å². The highest BCUT2D eigenvalue weighted by Gasteiger charge is 2.14. The summed E-state index contributed by atoms with van der Waals surface area (Å²) >= 11 is 0. The Morgan fingerprint density at radius 3 is 2.65 bits per heavy atom. The number of carbonyl (C=O) groups is 1. The van der Waals surface area contributed by atoms with E-state index in [4.69, 9.17) is 10.5 Å². The molecule has 0 aliphatic heterocycles. The van der Waals surface area contributed by atoms with Crippen LogP contribution in [0, 0.1) is 0 Å². The minimum Gasteiger partial charge on any atom is -0.459 e. The average Bonchev–Trinajstić information content (AvgIpc) is 2.35. The van der Waals surface area contributed by atoms with Gasteiger partial charge in [0.1, 0.15) is 0 Å². The Kier molecular flexibility index (Phi) is 6.16. The lowest BCUT2D eigenvalue weighted by Crippen LogP contribution is -2.14. The molecule has 5 nitrogen and oxygen atoms in total. The molecule has 1 aromatic carbocycles. The molecule has 0 aliphatic rings. The summed E-state index contributed by atoms with van der Waals surface area (Å²) < 4.78 is 28.8. The first-order chi connectivity index (χ1) is 9.34. The molecule has 20 heavy (non-hydrogen) atoms. The molecule has 0 aliphatic carbocycles. The van der Waals surface area contributed by atoms with Crippen molar-refractivity contribution in [3.05, 3.63) is 35.4 Å². The van der Waals surface area contributed by atoms with Gasteiger partial charge in [-0.15, -0.1) is 0 Å². The Bertz CT molecular complexity index is 552. The van der Waals surface area contributed by atoms with Crippen molar-refractivity contribution in [2.45, 2.75) is 32.1 Å². The van der Waals surface area contributed by atoms with Crippen LogP contribution in [-0.4, -0.2) is 32.8 Å². The molecule has 2 N–H and O–H groups in total. The number of nitrogens with two attached hydrogens (primary N) is 1. The predicted octanol–water partition coefficient (Wildman–Crippen LogP) is 1.52. The Balaban J connectivity index is 2.81. The fraction of sp³-hybridized carbons (Fsp3) is 0.500. The molecule has 0 heterocycles. The topological polar surface area (TPSA) is 86.5 Å². The molecule has 6 heteroatoms. The summed E-state index contributed by atoms with van der Waals surface area (Å²) in [6, 6.07) is 6.52. The molecule has 0 spiro atoms. The second-order valence-corrected chi connectivity index (χ2v) is 7.07. The maximum atomic E-state index is 11.8. The van der Waals surface area contributed by atoms with Gasteiger partial charge in [0.05, 0.1) is 23.2 Å². The molecule has 0 saturated carbocycles. The fourth-order valence-electron chi connectivity index (χ4n) is 1.70. The molecule has 0 aromatic heterocycles. The van der Waals surface area contributed by atoms with E-state index in [1.165, 1.54) is 0 Å². The van der Waals surface area contributed by atoms with Crippen LogP contribution in [0.5, 0.6) is 0 Å². The Labute approximate surface area is 120 Å². The molecule has 0 amide bonds. The Morgan fingerprint density at radius 1 is 1.35 bits per heavy atom. The zero-order valence-corrected chi connectivity index (χ0v) is 12.7. The number of hydrogen-bond donors (Lipinski definition) is 1. The number of benzene rings is 1. The third kappa shape index (κ3) is 5.71. The summed E-state index contributed by atoms with van der Waals surface area (Å²) in [6.45, 7) is 3.87. The number of sulfone groups is 1. The van der Waals surface area contributed by atoms with Gasteiger partial charge in [-0.3, -0.25) is 0 Å². The molecular formula is C14H21NO4S. The standard InChI is InChI=1S/C14H21NO4S/c1-11(2)19-14(16)13-6-3-5-12(9-13)10-20(17,18)8-4-7-15/h3,5-6,9,11H,4,7-8,10,15H2,1-2H3. The first kappa shape index (κ1) is 16.7. The fourth-order valence-corrected chi connectivity index (χ4v) is 3.14. The summed E-state index contributed by atoms with van der Waals surface area (Å²) in [5.74, 6) is -0.471. The van der Waals surface area contributed by atoms with E-state index in [0.29, 0.717) is 24.1 Å². The van der Waals surface area contributed by atoms with E-state index in [1.54, 1.807) is 38.1 Å². The van der Waals surface area contributed by atoms with E-state index in [2.05, 4.69) is 0 Å². The van der Waals surface area contributed by atoms with Gasteiger partial charge in [-0.25, -0.2) is 13.2 Å². The molecule has 0 saturated heterocycles. The van der Waals surface area contributed by atoms with Crippen LogP contribution in [0.2, 0.25) is 0 Å². The summed E-state index contributed by atoms with van der Waals surface area (Å²) in [4.78, 5) is 11.8. The van der Waals surface area contributed by atoms with Gasteiger partial charge in [-0.1, -0.05) is 12.1 Å². The van der Waals surface area contributed by atoms with E-state index in [1.807, 2.05) is 0 Å². The molecule has 1 aromatic rings. The van der Waals surface area contributed by atoms with Crippen LogP contribution in [0.1, 0.15) is 36.2 Å². The van der Waals surface area contributed by atoms with Gasteiger partial charge in [-0.05, 0) is 44.5 Å². The molecule has 0 radical (unpaired) electrons. The third-order valence-electron chi connectivity index (χ3n) is 2.55. The second-order valence-electron chi connectivity index (χ2n) is 4.89. The first-order valence-electron chi connectivity index (χ1n) is 6.54. The number of carbonyl (C=O) groups excluding carboxylic acids is 1. The van der Waals surface area contributed by atoms with Crippen molar-refractivity contribution in [3.8, 4) is 0 Å². The third-order valence-corrected chi connectivity index (χ3v) is 4.24. The molecule has 112 valence electrons. The van der Waals surface area contributed by atoms with Gasteiger partial charge < -0.3 is 10.5 Å². The van der Waals surface area contributed by atoms with Crippen LogP contribution in [0.3, 0.4) is 0 Å². The van der Waals surface area contributed by atoms with Gasteiger partial charge in [0.2, 0.25) is 0 Å². The van der Waals surface area contributed by atoms with Crippen LogP contribution in [0.25, 0.3) is 0 Å². The minimum atomic E-state index is -3.19. The van der Waals surface area contributed by atoms with Gasteiger partial charge in [0.15, 0.2) is 9.84 Å². The van der Waals surface area contributed by atoms with Crippen molar-refractivity contribution >= 4 is 15.8 Å². The molecule has 1 rings (SSSR count). The highest BCUT2D eigenvalue weighted by Crippen LogP contribution is 2.12. The van der Waals surface area contributed by atoms with Crippen LogP contribution >= 0.6 is 0 Å². The van der Waals surface area contributed by atoms with E-state index >= 15 is 0 Å². The van der Waals surface area contributed by atoms with Crippen LogP contribution in [0.4, 0.5) is 0 Å². The van der Waals surface area contributed by atoms with Gasteiger partial charge in [-0.2, -0.15) is 0 Å². The lowest BCUT2D eigenvalue weighted by atomic mass is 10.1. The van der Waals surface area contributed by atoms with Crippen molar-refractivity contribution < 1.29 is 17.9 Å². The van der Waals surface area contributed by atoms with E-state index in [-0.39, 0.29) is 17.6 Å². The highest BCUT2D eigenvalue weighted by molar-refractivity contribution is 7.90. The zero-order chi connectivity index (χ0) is 15.2. The van der Waals surface area contributed by atoms with E-state index in [0.717, 1.165) is 0 Å². The van der Waals surface area contributed by atoms with Crippen molar-refractivity contribution in [1.82, 2.24) is 0 Å². The summed E-state index contributed by atoms with van der Waals surface area (Å²) in [7, 11) is -3.19. The van der Waals surface area contributed by atoms with E-state index < -0.39 is 15.8 Å². The summed E-state index contributed by atoms with van der Waals surface area (Å²) in [5.41, 5.74) is 6.26. The normalized spacial score (nSPS) is 11.6. The monoisotopic (exact) mass is 299 g/mol. The maximum absolute atomic E-state index is 11.8.